The number of hydrogen-bond acceptors (Lipinski definition) is 2. The molecule has 0 bridgehead atoms. The first-order valence-electron chi connectivity index (χ1n) is 7.17. The van der Waals surface area contributed by atoms with E-state index in [0.717, 1.165) is 31.1 Å². The van der Waals surface area contributed by atoms with Crippen molar-refractivity contribution in [2.75, 3.05) is 19.8 Å². The monoisotopic (exact) mass is 225 g/mol. The average molecular weight is 225 g/mol. The number of rotatable bonds is 3. The van der Waals surface area contributed by atoms with Gasteiger partial charge in [-0.05, 0) is 44.1 Å². The van der Waals surface area contributed by atoms with E-state index < -0.39 is 0 Å². The molecule has 0 radical (unpaired) electrons. The van der Waals surface area contributed by atoms with Gasteiger partial charge < -0.3 is 10.1 Å². The van der Waals surface area contributed by atoms with Crippen LogP contribution in [0.4, 0.5) is 0 Å². The summed E-state index contributed by atoms with van der Waals surface area (Å²) in [5.74, 6) is 1.86. The lowest BCUT2D eigenvalue weighted by Crippen LogP contribution is -2.36. The van der Waals surface area contributed by atoms with E-state index in [1.165, 1.54) is 51.5 Å². The number of ether oxygens (including phenoxy) is 1. The molecule has 0 aromatic heterocycles. The fraction of sp³-hybridized carbons (Fsp3) is 1.00. The van der Waals surface area contributed by atoms with E-state index in [1.54, 1.807) is 0 Å². The Balaban J connectivity index is 1.68. The molecule has 1 aliphatic carbocycles. The average Bonchev–Trinajstić information content (AvgIpc) is 2.56. The number of hydrogen-bond donors (Lipinski definition) is 1. The van der Waals surface area contributed by atoms with E-state index in [0.29, 0.717) is 0 Å². The first kappa shape index (κ1) is 12.4. The predicted octanol–water partition coefficient (Wildman–Crippen LogP) is 2.97. The Morgan fingerprint density at radius 2 is 1.88 bits per heavy atom. The molecular weight excluding hydrogens is 198 g/mol. The van der Waals surface area contributed by atoms with Crippen LogP contribution in [0.15, 0.2) is 0 Å². The van der Waals surface area contributed by atoms with E-state index in [4.69, 9.17) is 4.74 Å². The zero-order valence-electron chi connectivity index (χ0n) is 10.7. The maximum atomic E-state index is 5.50. The van der Waals surface area contributed by atoms with Crippen LogP contribution in [0.1, 0.15) is 51.9 Å². The molecule has 0 aromatic rings. The highest BCUT2D eigenvalue weighted by Crippen LogP contribution is 2.29. The number of nitrogens with one attached hydrogen (secondary N) is 1. The van der Waals surface area contributed by atoms with Crippen LogP contribution in [0.2, 0.25) is 0 Å². The highest BCUT2D eigenvalue weighted by atomic mass is 16.5. The van der Waals surface area contributed by atoms with Crippen molar-refractivity contribution in [3.63, 3.8) is 0 Å². The molecule has 3 atom stereocenters. The molecule has 3 unspecified atom stereocenters. The van der Waals surface area contributed by atoms with Crippen LogP contribution < -0.4 is 5.32 Å². The molecule has 0 aromatic carbocycles. The van der Waals surface area contributed by atoms with Gasteiger partial charge in [0.25, 0.3) is 0 Å². The molecule has 1 saturated heterocycles. The maximum Gasteiger partial charge on any atom is 0.0480 e. The Morgan fingerprint density at radius 1 is 1.00 bits per heavy atom. The summed E-state index contributed by atoms with van der Waals surface area (Å²) in [4.78, 5) is 0. The van der Waals surface area contributed by atoms with Crippen molar-refractivity contribution in [2.24, 2.45) is 11.8 Å². The Hall–Kier alpha value is -0.0800. The Kier molecular flexibility index (Phi) is 5.11. The summed E-state index contributed by atoms with van der Waals surface area (Å²) in [5.41, 5.74) is 0. The minimum atomic E-state index is 0.719. The highest BCUT2D eigenvalue weighted by Gasteiger charge is 2.22. The molecule has 16 heavy (non-hydrogen) atoms. The fourth-order valence-electron chi connectivity index (χ4n) is 3.12. The van der Waals surface area contributed by atoms with Gasteiger partial charge >= 0.3 is 0 Å². The lowest BCUT2D eigenvalue weighted by Gasteiger charge is -2.30. The summed E-state index contributed by atoms with van der Waals surface area (Å²) in [6.45, 7) is 5.60. The van der Waals surface area contributed by atoms with Crippen molar-refractivity contribution in [1.82, 2.24) is 5.32 Å². The molecule has 0 amide bonds. The first-order valence-corrected chi connectivity index (χ1v) is 7.17. The summed E-state index contributed by atoms with van der Waals surface area (Å²) in [6.07, 6.45) is 9.54. The van der Waals surface area contributed by atoms with Crippen LogP contribution in [-0.4, -0.2) is 25.8 Å². The summed E-state index contributed by atoms with van der Waals surface area (Å²) >= 11 is 0. The van der Waals surface area contributed by atoms with Crippen LogP contribution in [0, 0.1) is 11.8 Å². The van der Waals surface area contributed by atoms with Gasteiger partial charge in [-0.2, -0.15) is 0 Å². The molecule has 94 valence electrons. The lowest BCUT2D eigenvalue weighted by atomic mass is 9.80. The second kappa shape index (κ2) is 6.61. The largest absolute Gasteiger partial charge is 0.381 e. The summed E-state index contributed by atoms with van der Waals surface area (Å²) < 4.78 is 5.50. The van der Waals surface area contributed by atoms with Crippen molar-refractivity contribution < 1.29 is 4.74 Å². The third kappa shape index (κ3) is 3.74. The maximum absolute atomic E-state index is 5.50. The predicted molar refractivity (Wildman–Crippen MR) is 67.6 cm³/mol. The second-order valence-corrected chi connectivity index (χ2v) is 5.67. The van der Waals surface area contributed by atoms with Crippen LogP contribution in [0.5, 0.6) is 0 Å². The molecule has 1 heterocycles. The van der Waals surface area contributed by atoms with Crippen LogP contribution in [-0.2, 0) is 4.74 Å². The van der Waals surface area contributed by atoms with Crippen LogP contribution in [0.25, 0.3) is 0 Å². The van der Waals surface area contributed by atoms with Crippen LogP contribution in [0.3, 0.4) is 0 Å². The first-order chi connectivity index (χ1) is 7.86. The smallest absolute Gasteiger partial charge is 0.0480 e. The molecule has 0 spiro atoms. The minimum absolute atomic E-state index is 0.719. The van der Waals surface area contributed by atoms with Gasteiger partial charge in [0, 0.05) is 19.3 Å². The van der Waals surface area contributed by atoms with E-state index in [-0.39, 0.29) is 0 Å². The molecule has 1 N–H and O–H groups in total. The van der Waals surface area contributed by atoms with E-state index >= 15 is 0 Å². The lowest BCUT2D eigenvalue weighted by molar-refractivity contribution is 0.142. The van der Waals surface area contributed by atoms with Crippen molar-refractivity contribution in [3.8, 4) is 0 Å². The fourth-order valence-corrected chi connectivity index (χ4v) is 3.12. The molecule has 2 fully saturated rings. The van der Waals surface area contributed by atoms with Gasteiger partial charge in [-0.3, -0.25) is 0 Å². The second-order valence-electron chi connectivity index (χ2n) is 5.67. The molecule has 1 saturated carbocycles. The standard InChI is InChI=1S/C14H27NO/c1-12-5-2-3-6-13(12)11-15-14-7-4-9-16-10-8-14/h12-15H,2-11H2,1H3. The highest BCUT2D eigenvalue weighted by molar-refractivity contribution is 4.77. The van der Waals surface area contributed by atoms with Crippen molar-refractivity contribution in [2.45, 2.75) is 57.9 Å². The van der Waals surface area contributed by atoms with Gasteiger partial charge in [0.1, 0.15) is 0 Å². The zero-order valence-corrected chi connectivity index (χ0v) is 10.7. The third-order valence-corrected chi connectivity index (χ3v) is 4.41. The Bertz CT molecular complexity index is 187. The molecule has 2 rings (SSSR count). The van der Waals surface area contributed by atoms with Crippen molar-refractivity contribution >= 4 is 0 Å². The van der Waals surface area contributed by atoms with Crippen molar-refractivity contribution in [1.29, 1.82) is 0 Å². The van der Waals surface area contributed by atoms with Crippen molar-refractivity contribution in [3.05, 3.63) is 0 Å². The molecule has 2 nitrogen and oxygen atoms in total. The van der Waals surface area contributed by atoms with Gasteiger partial charge in [-0.25, -0.2) is 0 Å². The quantitative estimate of drug-likeness (QED) is 0.797. The van der Waals surface area contributed by atoms with Gasteiger partial charge in [0.2, 0.25) is 0 Å². The molecule has 1 aliphatic heterocycles. The molecule has 2 heteroatoms. The van der Waals surface area contributed by atoms with Gasteiger partial charge in [0.05, 0.1) is 0 Å². The normalized spacial score (nSPS) is 36.9. The Morgan fingerprint density at radius 3 is 2.75 bits per heavy atom. The summed E-state index contributed by atoms with van der Waals surface area (Å²) in [7, 11) is 0. The van der Waals surface area contributed by atoms with Gasteiger partial charge in [-0.15, -0.1) is 0 Å². The van der Waals surface area contributed by atoms with E-state index in [1.807, 2.05) is 0 Å². The topological polar surface area (TPSA) is 21.3 Å². The van der Waals surface area contributed by atoms with E-state index in [2.05, 4.69) is 12.2 Å². The zero-order chi connectivity index (χ0) is 11.2. The Labute approximate surface area is 100 Å². The van der Waals surface area contributed by atoms with Crippen LogP contribution >= 0.6 is 0 Å². The van der Waals surface area contributed by atoms with Gasteiger partial charge in [-0.1, -0.05) is 26.2 Å². The SMILES string of the molecule is CC1CCCCC1CNC1CCCOCC1. The van der Waals surface area contributed by atoms with Gasteiger partial charge in [0.15, 0.2) is 0 Å². The van der Waals surface area contributed by atoms with E-state index in [9.17, 15) is 0 Å². The minimum Gasteiger partial charge on any atom is -0.381 e. The molecule has 2 aliphatic rings. The summed E-state index contributed by atoms with van der Waals surface area (Å²) in [5, 5.41) is 3.78. The third-order valence-electron chi connectivity index (χ3n) is 4.41. The summed E-state index contributed by atoms with van der Waals surface area (Å²) in [6, 6.07) is 0.719. The molecular formula is C14H27NO.